The quantitative estimate of drug-likeness (QED) is 0.836. The van der Waals surface area contributed by atoms with Gasteiger partial charge in [0, 0.05) is 37.4 Å². The molecule has 132 valence electrons. The Hall–Kier alpha value is -2.15. The molecule has 1 aromatic carbocycles. The SMILES string of the molecule is Cc1csc(NC(=O)N2CCC3(CCc4ccc(F)cc4O3)CC2)n1. The molecule has 7 heteroatoms. The maximum Gasteiger partial charge on any atom is 0.323 e. The Morgan fingerprint density at radius 3 is 2.88 bits per heavy atom. The van der Waals surface area contributed by atoms with Gasteiger partial charge < -0.3 is 9.64 Å². The number of aryl methyl sites for hydroxylation is 2. The van der Waals surface area contributed by atoms with Gasteiger partial charge in [0.1, 0.15) is 17.2 Å². The van der Waals surface area contributed by atoms with Crippen LogP contribution >= 0.6 is 11.3 Å². The molecule has 1 aromatic heterocycles. The second kappa shape index (κ2) is 6.29. The van der Waals surface area contributed by atoms with E-state index in [1.165, 1.54) is 23.5 Å². The number of amides is 2. The number of thiazole rings is 1. The van der Waals surface area contributed by atoms with E-state index in [0.717, 1.165) is 36.9 Å². The molecule has 2 amide bonds. The van der Waals surface area contributed by atoms with Crippen molar-refractivity contribution >= 4 is 22.5 Å². The van der Waals surface area contributed by atoms with Gasteiger partial charge in [-0.3, -0.25) is 5.32 Å². The predicted molar refractivity (Wildman–Crippen MR) is 94.8 cm³/mol. The summed E-state index contributed by atoms with van der Waals surface area (Å²) in [6.07, 6.45) is 3.31. The molecule has 0 radical (unpaired) electrons. The Morgan fingerprint density at radius 1 is 1.36 bits per heavy atom. The largest absolute Gasteiger partial charge is 0.487 e. The number of anilines is 1. The highest BCUT2D eigenvalue weighted by molar-refractivity contribution is 7.13. The Bertz CT molecular complexity index is 799. The summed E-state index contributed by atoms with van der Waals surface area (Å²) in [5, 5.41) is 5.39. The molecule has 5 nitrogen and oxygen atoms in total. The number of likely N-dealkylation sites (tertiary alicyclic amines) is 1. The van der Waals surface area contributed by atoms with Crippen LogP contribution in [0.5, 0.6) is 5.75 Å². The van der Waals surface area contributed by atoms with Crippen LogP contribution in [0.3, 0.4) is 0 Å². The average Bonchev–Trinajstić information content (AvgIpc) is 3.00. The van der Waals surface area contributed by atoms with Crippen molar-refractivity contribution in [3.63, 3.8) is 0 Å². The summed E-state index contributed by atoms with van der Waals surface area (Å²) in [5.41, 5.74) is 1.68. The molecule has 3 heterocycles. The van der Waals surface area contributed by atoms with Crippen LogP contribution in [0.2, 0.25) is 0 Å². The van der Waals surface area contributed by atoms with Gasteiger partial charge in [-0.15, -0.1) is 11.3 Å². The first-order valence-electron chi connectivity index (χ1n) is 8.49. The number of benzene rings is 1. The first kappa shape index (κ1) is 16.3. The number of urea groups is 1. The molecule has 2 aliphatic heterocycles. The van der Waals surface area contributed by atoms with Crippen molar-refractivity contribution in [1.29, 1.82) is 0 Å². The van der Waals surface area contributed by atoms with Crippen molar-refractivity contribution in [2.75, 3.05) is 18.4 Å². The monoisotopic (exact) mass is 361 g/mol. The molecule has 0 bridgehead atoms. The molecule has 2 aromatic rings. The fourth-order valence-corrected chi connectivity index (χ4v) is 4.21. The highest BCUT2D eigenvalue weighted by Gasteiger charge is 2.40. The Kier molecular flexibility index (Phi) is 4.11. The molecule has 0 saturated carbocycles. The molecule has 0 aliphatic carbocycles. The number of halogens is 1. The van der Waals surface area contributed by atoms with Gasteiger partial charge >= 0.3 is 6.03 Å². The van der Waals surface area contributed by atoms with Gasteiger partial charge in [-0.05, 0) is 31.4 Å². The van der Waals surface area contributed by atoms with E-state index >= 15 is 0 Å². The number of hydrogen-bond acceptors (Lipinski definition) is 4. The second-order valence-electron chi connectivity index (χ2n) is 6.75. The smallest absolute Gasteiger partial charge is 0.323 e. The molecule has 0 atom stereocenters. The second-order valence-corrected chi connectivity index (χ2v) is 7.61. The summed E-state index contributed by atoms with van der Waals surface area (Å²) in [6, 6.07) is 4.63. The third-order valence-corrected chi connectivity index (χ3v) is 5.88. The molecule has 25 heavy (non-hydrogen) atoms. The number of rotatable bonds is 1. The van der Waals surface area contributed by atoms with Gasteiger partial charge in [0.05, 0.1) is 5.69 Å². The number of carbonyl (C=O) groups is 1. The molecule has 1 spiro atoms. The summed E-state index contributed by atoms with van der Waals surface area (Å²) < 4.78 is 19.7. The van der Waals surface area contributed by atoms with Gasteiger partial charge in [0.2, 0.25) is 0 Å². The summed E-state index contributed by atoms with van der Waals surface area (Å²) >= 11 is 1.43. The highest BCUT2D eigenvalue weighted by Crippen LogP contribution is 2.39. The fourth-order valence-electron chi connectivity index (χ4n) is 3.53. The zero-order valence-corrected chi connectivity index (χ0v) is 14.9. The lowest BCUT2D eigenvalue weighted by Gasteiger charge is -2.44. The van der Waals surface area contributed by atoms with E-state index < -0.39 is 0 Å². The number of ether oxygens (including phenoxy) is 1. The lowest BCUT2D eigenvalue weighted by molar-refractivity contribution is -0.00459. The van der Waals surface area contributed by atoms with E-state index in [0.29, 0.717) is 24.0 Å². The summed E-state index contributed by atoms with van der Waals surface area (Å²) in [5.74, 6) is 0.383. The van der Waals surface area contributed by atoms with E-state index in [-0.39, 0.29) is 17.4 Å². The Labute approximate surface area is 149 Å². The van der Waals surface area contributed by atoms with Gasteiger partial charge in [0.15, 0.2) is 5.13 Å². The van der Waals surface area contributed by atoms with Crippen LogP contribution in [-0.2, 0) is 6.42 Å². The molecular weight excluding hydrogens is 341 g/mol. The maximum atomic E-state index is 13.5. The minimum atomic E-state index is -0.282. The minimum absolute atomic E-state index is 0.119. The Morgan fingerprint density at radius 2 is 2.16 bits per heavy atom. The lowest BCUT2D eigenvalue weighted by atomic mass is 9.83. The first-order chi connectivity index (χ1) is 12.0. The van der Waals surface area contributed by atoms with E-state index in [4.69, 9.17) is 4.74 Å². The number of aromatic nitrogens is 1. The fraction of sp³-hybridized carbons (Fsp3) is 0.444. The topological polar surface area (TPSA) is 54.5 Å². The van der Waals surface area contributed by atoms with Crippen LogP contribution in [0.4, 0.5) is 14.3 Å². The summed E-state index contributed by atoms with van der Waals surface area (Å²) in [4.78, 5) is 18.4. The predicted octanol–water partition coefficient (Wildman–Crippen LogP) is 3.98. The van der Waals surface area contributed by atoms with Crippen LogP contribution in [0.1, 0.15) is 30.5 Å². The van der Waals surface area contributed by atoms with Crippen LogP contribution in [0.25, 0.3) is 0 Å². The van der Waals surface area contributed by atoms with Crippen LogP contribution in [0, 0.1) is 12.7 Å². The van der Waals surface area contributed by atoms with E-state index in [2.05, 4.69) is 10.3 Å². The standard InChI is InChI=1S/C18H20FN3O2S/c1-12-11-25-16(20-12)21-17(23)22-8-6-18(7-9-22)5-4-13-2-3-14(19)10-15(13)24-18/h2-3,10-11H,4-9H2,1H3,(H,20,21,23). The van der Waals surface area contributed by atoms with Gasteiger partial charge in [-0.1, -0.05) is 6.07 Å². The lowest BCUT2D eigenvalue weighted by Crippen LogP contribution is -2.52. The zero-order chi connectivity index (χ0) is 17.4. The van der Waals surface area contributed by atoms with Crippen LogP contribution in [0.15, 0.2) is 23.6 Å². The number of nitrogens with zero attached hydrogens (tertiary/aromatic N) is 2. The van der Waals surface area contributed by atoms with Crippen LogP contribution < -0.4 is 10.1 Å². The van der Waals surface area contributed by atoms with Crippen molar-refractivity contribution in [2.45, 2.75) is 38.2 Å². The summed E-state index contributed by atoms with van der Waals surface area (Å²) in [7, 11) is 0. The Balaban J connectivity index is 1.39. The molecule has 1 fully saturated rings. The van der Waals surface area contributed by atoms with E-state index in [1.54, 1.807) is 11.0 Å². The molecule has 1 saturated heterocycles. The minimum Gasteiger partial charge on any atom is -0.487 e. The zero-order valence-electron chi connectivity index (χ0n) is 14.0. The average molecular weight is 361 g/mol. The molecule has 2 aliphatic rings. The highest BCUT2D eigenvalue weighted by atomic mass is 32.1. The van der Waals surface area contributed by atoms with Gasteiger partial charge in [0.25, 0.3) is 0 Å². The van der Waals surface area contributed by atoms with Crippen molar-refractivity contribution in [1.82, 2.24) is 9.88 Å². The van der Waals surface area contributed by atoms with Crippen LogP contribution in [-0.4, -0.2) is 34.6 Å². The third kappa shape index (κ3) is 3.33. The normalized spacial score (nSPS) is 18.6. The molecule has 1 N–H and O–H groups in total. The van der Waals surface area contributed by atoms with Crippen molar-refractivity contribution in [3.05, 3.63) is 40.7 Å². The van der Waals surface area contributed by atoms with Gasteiger partial charge in [-0.25, -0.2) is 14.2 Å². The van der Waals surface area contributed by atoms with Crippen molar-refractivity contribution in [2.24, 2.45) is 0 Å². The molecule has 4 rings (SSSR count). The number of carbonyl (C=O) groups excluding carboxylic acids is 1. The first-order valence-corrected chi connectivity index (χ1v) is 9.37. The number of fused-ring (bicyclic) bond motifs is 1. The maximum absolute atomic E-state index is 13.5. The van der Waals surface area contributed by atoms with Crippen molar-refractivity contribution in [3.8, 4) is 5.75 Å². The third-order valence-electron chi connectivity index (χ3n) is 5.00. The molecule has 0 unspecified atom stereocenters. The summed E-state index contributed by atoms with van der Waals surface area (Å²) in [6.45, 7) is 3.15. The van der Waals surface area contributed by atoms with Crippen molar-refractivity contribution < 1.29 is 13.9 Å². The van der Waals surface area contributed by atoms with Gasteiger partial charge in [-0.2, -0.15) is 0 Å². The van der Waals surface area contributed by atoms with E-state index in [1.807, 2.05) is 12.3 Å². The van der Waals surface area contributed by atoms with E-state index in [9.17, 15) is 9.18 Å². The number of nitrogens with one attached hydrogen (secondary N) is 1. The number of hydrogen-bond donors (Lipinski definition) is 1. The molecular formula is C18H20FN3O2S. The number of piperidine rings is 1.